The van der Waals surface area contributed by atoms with E-state index in [1.54, 1.807) is 0 Å². The molecule has 0 spiro atoms. The summed E-state index contributed by atoms with van der Waals surface area (Å²) >= 11 is 0. The number of carboxylic acid groups (broad SMARTS) is 1. The first kappa shape index (κ1) is 15.0. The summed E-state index contributed by atoms with van der Waals surface area (Å²) in [6.45, 7) is 1.95. The van der Waals surface area contributed by atoms with Gasteiger partial charge < -0.3 is 5.11 Å². The van der Waals surface area contributed by atoms with Crippen LogP contribution in [0, 0.1) is 12.8 Å². The lowest BCUT2D eigenvalue weighted by Gasteiger charge is -2.13. The summed E-state index contributed by atoms with van der Waals surface area (Å²) in [7, 11) is -3.65. The second kappa shape index (κ2) is 5.93. The number of carbonyl (C=O) groups is 1. The highest BCUT2D eigenvalue weighted by atomic mass is 32.2. The number of hydrogen-bond acceptors (Lipinski definition) is 3. The molecule has 2 rings (SSSR count). The van der Waals surface area contributed by atoms with E-state index in [9.17, 15) is 13.2 Å². The molecule has 0 saturated heterocycles. The van der Waals surface area contributed by atoms with Gasteiger partial charge in [0, 0.05) is 6.54 Å². The Labute approximate surface area is 119 Å². The van der Waals surface area contributed by atoms with E-state index in [0.717, 1.165) is 25.7 Å². The van der Waals surface area contributed by atoms with Crippen LogP contribution < -0.4 is 4.72 Å². The van der Waals surface area contributed by atoms with E-state index >= 15 is 0 Å². The normalized spacial score (nSPS) is 16.4. The number of carboxylic acids is 1. The summed E-state index contributed by atoms with van der Waals surface area (Å²) in [4.78, 5) is 11.1. The molecule has 5 nitrogen and oxygen atoms in total. The third-order valence-electron chi connectivity index (χ3n) is 3.84. The first-order valence-corrected chi connectivity index (χ1v) is 8.22. The van der Waals surface area contributed by atoms with E-state index < -0.39 is 16.0 Å². The largest absolute Gasteiger partial charge is 0.478 e. The topological polar surface area (TPSA) is 83.5 Å². The molecule has 1 aromatic carbocycles. The maximum atomic E-state index is 12.3. The molecule has 1 fully saturated rings. The highest BCUT2D eigenvalue weighted by molar-refractivity contribution is 7.89. The van der Waals surface area contributed by atoms with Crippen molar-refractivity contribution in [1.82, 2.24) is 4.72 Å². The van der Waals surface area contributed by atoms with Gasteiger partial charge in [0.1, 0.15) is 0 Å². The predicted molar refractivity (Wildman–Crippen MR) is 75.3 cm³/mol. The monoisotopic (exact) mass is 297 g/mol. The second-order valence-electron chi connectivity index (χ2n) is 5.24. The Bertz CT molecular complexity index is 604. The third kappa shape index (κ3) is 3.19. The Morgan fingerprint density at radius 1 is 1.35 bits per heavy atom. The maximum absolute atomic E-state index is 12.3. The number of aromatic carboxylic acids is 1. The van der Waals surface area contributed by atoms with Gasteiger partial charge in [-0.3, -0.25) is 0 Å². The number of sulfonamides is 1. The average molecular weight is 297 g/mol. The molecule has 0 radical (unpaired) electrons. The van der Waals surface area contributed by atoms with Crippen LogP contribution in [0.15, 0.2) is 23.1 Å². The third-order valence-corrected chi connectivity index (χ3v) is 5.41. The van der Waals surface area contributed by atoms with Gasteiger partial charge in [0.25, 0.3) is 0 Å². The Balaban J connectivity index is 2.20. The van der Waals surface area contributed by atoms with Crippen LogP contribution in [-0.2, 0) is 10.0 Å². The van der Waals surface area contributed by atoms with Gasteiger partial charge >= 0.3 is 5.97 Å². The molecule has 0 aliphatic heterocycles. The van der Waals surface area contributed by atoms with E-state index in [1.165, 1.54) is 25.1 Å². The summed E-state index contributed by atoms with van der Waals surface area (Å²) in [5.74, 6) is -0.719. The highest BCUT2D eigenvalue weighted by Crippen LogP contribution is 2.25. The zero-order valence-electron chi connectivity index (χ0n) is 11.4. The lowest BCUT2D eigenvalue weighted by Crippen LogP contribution is -2.29. The van der Waals surface area contributed by atoms with Gasteiger partial charge in [0.2, 0.25) is 10.0 Å². The van der Waals surface area contributed by atoms with Crippen molar-refractivity contribution in [2.45, 2.75) is 37.5 Å². The Hall–Kier alpha value is -1.40. The number of hydrogen-bond donors (Lipinski definition) is 2. The first-order chi connectivity index (χ1) is 9.42. The molecular weight excluding hydrogens is 278 g/mol. The van der Waals surface area contributed by atoms with Crippen LogP contribution in [0.1, 0.15) is 41.6 Å². The second-order valence-corrected chi connectivity index (χ2v) is 6.97. The van der Waals surface area contributed by atoms with Crippen molar-refractivity contribution >= 4 is 16.0 Å². The van der Waals surface area contributed by atoms with Crippen molar-refractivity contribution in [3.05, 3.63) is 29.3 Å². The fraction of sp³-hybridized carbons (Fsp3) is 0.500. The maximum Gasteiger partial charge on any atom is 0.335 e. The van der Waals surface area contributed by atoms with Crippen LogP contribution in [0.4, 0.5) is 0 Å². The lowest BCUT2D eigenvalue weighted by atomic mass is 10.1. The molecular formula is C14H19NO4S. The number of benzene rings is 1. The first-order valence-electron chi connectivity index (χ1n) is 6.74. The van der Waals surface area contributed by atoms with Crippen molar-refractivity contribution in [2.24, 2.45) is 5.92 Å². The smallest absolute Gasteiger partial charge is 0.335 e. The van der Waals surface area contributed by atoms with Crippen molar-refractivity contribution in [3.8, 4) is 0 Å². The minimum Gasteiger partial charge on any atom is -0.478 e. The highest BCUT2D eigenvalue weighted by Gasteiger charge is 2.23. The number of nitrogens with one attached hydrogen (secondary N) is 1. The fourth-order valence-electron chi connectivity index (χ4n) is 2.66. The van der Waals surface area contributed by atoms with Gasteiger partial charge in [-0.15, -0.1) is 0 Å². The van der Waals surface area contributed by atoms with Crippen molar-refractivity contribution in [2.75, 3.05) is 6.54 Å². The minimum atomic E-state index is -3.65. The summed E-state index contributed by atoms with van der Waals surface area (Å²) in [5, 5.41) is 9.04. The molecule has 110 valence electrons. The summed E-state index contributed by atoms with van der Waals surface area (Å²) in [5.41, 5.74) is 0.299. The van der Waals surface area contributed by atoms with E-state index in [4.69, 9.17) is 5.11 Å². The van der Waals surface area contributed by atoms with Crippen LogP contribution in [0.2, 0.25) is 0 Å². The molecule has 0 unspecified atom stereocenters. The predicted octanol–water partition coefficient (Wildman–Crippen LogP) is 2.16. The molecule has 20 heavy (non-hydrogen) atoms. The zero-order chi connectivity index (χ0) is 14.8. The van der Waals surface area contributed by atoms with Crippen molar-refractivity contribution in [3.63, 3.8) is 0 Å². The Morgan fingerprint density at radius 2 is 2.00 bits per heavy atom. The van der Waals surface area contributed by atoms with Gasteiger partial charge in [0.15, 0.2) is 0 Å². The van der Waals surface area contributed by atoms with Gasteiger partial charge in [-0.25, -0.2) is 17.9 Å². The SMILES string of the molecule is Cc1c(C(=O)O)cccc1S(=O)(=O)NCC1CCCC1. The molecule has 0 heterocycles. The summed E-state index contributed by atoms with van der Waals surface area (Å²) < 4.78 is 27.2. The van der Waals surface area contributed by atoms with Crippen LogP contribution in [0.5, 0.6) is 0 Å². The minimum absolute atomic E-state index is 0.0220. The van der Waals surface area contributed by atoms with Gasteiger partial charge in [-0.1, -0.05) is 18.9 Å². The lowest BCUT2D eigenvalue weighted by molar-refractivity contribution is 0.0696. The molecule has 6 heteroatoms. The molecule has 0 amide bonds. The molecule has 0 bridgehead atoms. The molecule has 0 atom stereocenters. The van der Waals surface area contributed by atoms with Crippen LogP contribution in [-0.4, -0.2) is 26.0 Å². The molecule has 1 aliphatic carbocycles. The van der Waals surface area contributed by atoms with Gasteiger partial charge in [-0.05, 0) is 43.4 Å². The summed E-state index contributed by atoms with van der Waals surface area (Å²) in [6, 6.07) is 4.31. The molecule has 1 aliphatic rings. The number of rotatable bonds is 5. The van der Waals surface area contributed by atoms with Crippen LogP contribution in [0.25, 0.3) is 0 Å². The van der Waals surface area contributed by atoms with Gasteiger partial charge in [-0.2, -0.15) is 0 Å². The molecule has 1 aromatic rings. The van der Waals surface area contributed by atoms with E-state index in [1.807, 2.05) is 0 Å². The zero-order valence-corrected chi connectivity index (χ0v) is 12.2. The summed E-state index contributed by atoms with van der Waals surface area (Å²) in [6.07, 6.45) is 4.41. The average Bonchev–Trinajstić information content (AvgIpc) is 2.89. The Kier molecular flexibility index (Phi) is 4.45. The van der Waals surface area contributed by atoms with Crippen molar-refractivity contribution < 1.29 is 18.3 Å². The molecule has 1 saturated carbocycles. The van der Waals surface area contributed by atoms with E-state index in [2.05, 4.69) is 4.72 Å². The quantitative estimate of drug-likeness (QED) is 0.872. The van der Waals surface area contributed by atoms with Crippen LogP contribution in [0.3, 0.4) is 0 Å². The van der Waals surface area contributed by atoms with Gasteiger partial charge in [0.05, 0.1) is 10.5 Å². The van der Waals surface area contributed by atoms with Crippen LogP contribution >= 0.6 is 0 Å². The molecule has 2 N–H and O–H groups in total. The fourth-order valence-corrected chi connectivity index (χ4v) is 4.04. The molecule has 0 aromatic heterocycles. The standard InChI is InChI=1S/C14H19NO4S/c1-10-12(14(16)17)7-4-8-13(10)20(18,19)15-9-11-5-2-3-6-11/h4,7-8,11,15H,2-3,5-6,9H2,1H3,(H,16,17). The van der Waals surface area contributed by atoms with Crippen molar-refractivity contribution in [1.29, 1.82) is 0 Å². The van der Waals surface area contributed by atoms with E-state index in [-0.39, 0.29) is 16.0 Å². The van der Waals surface area contributed by atoms with E-state index in [0.29, 0.717) is 12.5 Å². The Morgan fingerprint density at radius 3 is 2.60 bits per heavy atom.